The van der Waals surface area contributed by atoms with E-state index < -0.39 is 6.04 Å². The standard InChI is InChI=1S/C13H19N3O4/c1-15-11(17)7-6-9(14-15)12(18)16-8-4-3-5-10(16)13(19)20-2/h10H,3-8H2,1-2H3/t10-/m0/s1. The average Bonchev–Trinajstić information content (AvgIpc) is 2.48. The number of piperidine rings is 1. The fourth-order valence-electron chi connectivity index (χ4n) is 2.55. The van der Waals surface area contributed by atoms with Crippen LogP contribution >= 0.6 is 0 Å². The minimum absolute atomic E-state index is 0.107. The predicted octanol–water partition coefficient (Wildman–Crippen LogP) is 0.149. The zero-order valence-electron chi connectivity index (χ0n) is 11.8. The quantitative estimate of drug-likeness (QED) is 0.675. The minimum Gasteiger partial charge on any atom is -0.467 e. The molecule has 2 aliphatic heterocycles. The maximum absolute atomic E-state index is 12.5. The van der Waals surface area contributed by atoms with Crippen LogP contribution in [0.25, 0.3) is 0 Å². The van der Waals surface area contributed by atoms with E-state index in [-0.39, 0.29) is 24.2 Å². The zero-order chi connectivity index (χ0) is 14.7. The summed E-state index contributed by atoms with van der Waals surface area (Å²) in [6.45, 7) is 0.523. The number of hydrogen-bond donors (Lipinski definition) is 0. The monoisotopic (exact) mass is 281 g/mol. The fourth-order valence-corrected chi connectivity index (χ4v) is 2.55. The molecule has 1 atom stereocenters. The first-order valence-corrected chi connectivity index (χ1v) is 6.77. The van der Waals surface area contributed by atoms with E-state index >= 15 is 0 Å². The van der Waals surface area contributed by atoms with Gasteiger partial charge in [-0.25, -0.2) is 9.80 Å². The van der Waals surface area contributed by atoms with E-state index in [4.69, 9.17) is 4.74 Å². The van der Waals surface area contributed by atoms with Gasteiger partial charge in [0, 0.05) is 26.4 Å². The van der Waals surface area contributed by atoms with Crippen molar-refractivity contribution >= 4 is 23.5 Å². The molecule has 0 unspecified atom stereocenters. The topological polar surface area (TPSA) is 79.3 Å². The molecule has 7 nitrogen and oxygen atoms in total. The SMILES string of the molecule is COC(=O)[C@@H]1CCCCN1C(=O)C1=NN(C)C(=O)CC1. The first kappa shape index (κ1) is 14.5. The van der Waals surface area contributed by atoms with Gasteiger partial charge in [-0.15, -0.1) is 0 Å². The molecule has 0 aromatic rings. The molecular weight excluding hydrogens is 262 g/mol. The van der Waals surface area contributed by atoms with Crippen molar-refractivity contribution in [3.63, 3.8) is 0 Å². The molecular formula is C13H19N3O4. The van der Waals surface area contributed by atoms with E-state index in [0.717, 1.165) is 12.8 Å². The Morgan fingerprint density at radius 2 is 2.05 bits per heavy atom. The van der Waals surface area contributed by atoms with Crippen molar-refractivity contribution in [2.24, 2.45) is 5.10 Å². The van der Waals surface area contributed by atoms with Crippen molar-refractivity contribution in [3.05, 3.63) is 0 Å². The lowest BCUT2D eigenvalue weighted by Crippen LogP contribution is -2.51. The largest absolute Gasteiger partial charge is 0.467 e. The Morgan fingerprint density at radius 1 is 1.30 bits per heavy atom. The number of ether oxygens (including phenoxy) is 1. The van der Waals surface area contributed by atoms with Crippen LogP contribution in [-0.4, -0.2) is 60.1 Å². The highest BCUT2D eigenvalue weighted by atomic mass is 16.5. The van der Waals surface area contributed by atoms with Gasteiger partial charge in [0.05, 0.1) is 7.11 Å². The van der Waals surface area contributed by atoms with Crippen molar-refractivity contribution in [2.75, 3.05) is 20.7 Å². The summed E-state index contributed by atoms with van der Waals surface area (Å²) in [6, 6.07) is -0.535. The number of amides is 2. The molecule has 0 N–H and O–H groups in total. The Balaban J connectivity index is 2.16. The van der Waals surface area contributed by atoms with Crippen molar-refractivity contribution in [1.82, 2.24) is 9.91 Å². The zero-order valence-corrected chi connectivity index (χ0v) is 11.8. The summed E-state index contributed by atoms with van der Waals surface area (Å²) in [5, 5.41) is 5.20. The summed E-state index contributed by atoms with van der Waals surface area (Å²) in [5.41, 5.74) is 0.336. The smallest absolute Gasteiger partial charge is 0.328 e. The summed E-state index contributed by atoms with van der Waals surface area (Å²) in [4.78, 5) is 37.1. The number of carbonyl (C=O) groups excluding carboxylic acids is 3. The molecule has 0 bridgehead atoms. The van der Waals surface area contributed by atoms with E-state index in [0.29, 0.717) is 25.1 Å². The third kappa shape index (κ3) is 2.81. The van der Waals surface area contributed by atoms with E-state index in [2.05, 4.69) is 5.10 Å². The van der Waals surface area contributed by atoms with Crippen LogP contribution in [0.15, 0.2) is 5.10 Å². The highest BCUT2D eigenvalue weighted by Crippen LogP contribution is 2.20. The Labute approximate surface area is 117 Å². The second-order valence-electron chi connectivity index (χ2n) is 5.00. The summed E-state index contributed by atoms with van der Waals surface area (Å²) in [6.07, 6.45) is 2.97. The molecule has 2 heterocycles. The van der Waals surface area contributed by atoms with E-state index in [1.807, 2.05) is 0 Å². The molecule has 0 saturated carbocycles. The Hall–Kier alpha value is -1.92. The van der Waals surface area contributed by atoms with Gasteiger partial charge in [-0.3, -0.25) is 9.59 Å². The third-order valence-corrected chi connectivity index (χ3v) is 3.69. The number of rotatable bonds is 2. The summed E-state index contributed by atoms with van der Waals surface area (Å²) >= 11 is 0. The predicted molar refractivity (Wildman–Crippen MR) is 70.8 cm³/mol. The number of methoxy groups -OCH3 is 1. The van der Waals surface area contributed by atoms with Gasteiger partial charge in [-0.1, -0.05) is 0 Å². The van der Waals surface area contributed by atoms with Gasteiger partial charge in [0.1, 0.15) is 11.8 Å². The first-order chi connectivity index (χ1) is 9.54. The molecule has 1 saturated heterocycles. The summed E-state index contributed by atoms with van der Waals surface area (Å²) in [5.74, 6) is -0.761. The van der Waals surface area contributed by atoms with E-state index in [9.17, 15) is 14.4 Å². The van der Waals surface area contributed by atoms with Gasteiger partial charge in [-0.2, -0.15) is 5.10 Å². The van der Waals surface area contributed by atoms with E-state index in [1.165, 1.54) is 24.1 Å². The lowest BCUT2D eigenvalue weighted by molar-refractivity contribution is -0.152. The Morgan fingerprint density at radius 3 is 2.70 bits per heavy atom. The highest BCUT2D eigenvalue weighted by molar-refractivity contribution is 6.39. The number of hydrogen-bond acceptors (Lipinski definition) is 5. The van der Waals surface area contributed by atoms with Crippen LogP contribution in [-0.2, 0) is 19.1 Å². The molecule has 1 fully saturated rings. The number of nitrogens with zero attached hydrogens (tertiary/aromatic N) is 3. The van der Waals surface area contributed by atoms with Crippen molar-refractivity contribution in [1.29, 1.82) is 0 Å². The number of hydrazone groups is 1. The third-order valence-electron chi connectivity index (χ3n) is 3.69. The van der Waals surface area contributed by atoms with Crippen LogP contribution in [0.3, 0.4) is 0 Å². The van der Waals surface area contributed by atoms with Crippen LogP contribution in [0.1, 0.15) is 32.1 Å². The van der Waals surface area contributed by atoms with Crippen LogP contribution in [0.5, 0.6) is 0 Å². The lowest BCUT2D eigenvalue weighted by Gasteiger charge is -2.34. The van der Waals surface area contributed by atoms with E-state index in [1.54, 1.807) is 0 Å². The summed E-state index contributed by atoms with van der Waals surface area (Å²) in [7, 11) is 2.85. The average molecular weight is 281 g/mol. The fraction of sp³-hybridized carbons (Fsp3) is 0.692. The second-order valence-corrected chi connectivity index (χ2v) is 5.00. The Kier molecular flexibility index (Phi) is 4.36. The molecule has 2 aliphatic rings. The molecule has 0 aromatic carbocycles. The van der Waals surface area contributed by atoms with Gasteiger partial charge < -0.3 is 9.64 Å². The van der Waals surface area contributed by atoms with Crippen molar-refractivity contribution in [2.45, 2.75) is 38.1 Å². The maximum Gasteiger partial charge on any atom is 0.328 e. The van der Waals surface area contributed by atoms with Crippen molar-refractivity contribution in [3.8, 4) is 0 Å². The molecule has 7 heteroatoms. The van der Waals surface area contributed by atoms with Crippen LogP contribution in [0, 0.1) is 0 Å². The number of esters is 1. The van der Waals surface area contributed by atoms with Gasteiger partial charge in [0.25, 0.3) is 5.91 Å². The molecule has 0 radical (unpaired) electrons. The lowest BCUT2D eigenvalue weighted by atomic mass is 10.0. The van der Waals surface area contributed by atoms with Gasteiger partial charge in [0.2, 0.25) is 5.91 Å². The molecule has 110 valence electrons. The molecule has 0 aliphatic carbocycles. The molecule has 0 aromatic heterocycles. The Bertz CT molecular complexity index is 461. The second kappa shape index (κ2) is 6.02. The minimum atomic E-state index is -0.535. The number of likely N-dealkylation sites (tertiary alicyclic amines) is 1. The van der Waals surface area contributed by atoms with Crippen LogP contribution in [0.4, 0.5) is 0 Å². The van der Waals surface area contributed by atoms with Gasteiger partial charge >= 0.3 is 5.97 Å². The van der Waals surface area contributed by atoms with Crippen LogP contribution < -0.4 is 0 Å². The van der Waals surface area contributed by atoms with Gasteiger partial charge in [0.15, 0.2) is 0 Å². The van der Waals surface area contributed by atoms with Gasteiger partial charge in [-0.05, 0) is 19.3 Å². The molecule has 0 spiro atoms. The molecule has 2 rings (SSSR count). The first-order valence-electron chi connectivity index (χ1n) is 6.77. The highest BCUT2D eigenvalue weighted by Gasteiger charge is 2.35. The summed E-state index contributed by atoms with van der Waals surface area (Å²) < 4.78 is 4.76. The van der Waals surface area contributed by atoms with Crippen LogP contribution in [0.2, 0.25) is 0 Å². The maximum atomic E-state index is 12.5. The molecule has 20 heavy (non-hydrogen) atoms. The van der Waals surface area contributed by atoms with Crippen molar-refractivity contribution < 1.29 is 19.1 Å². The molecule has 2 amide bonds. The normalized spacial score (nSPS) is 23.4. The number of carbonyl (C=O) groups is 3.